The first-order chi connectivity index (χ1) is 6.74. The van der Waals surface area contributed by atoms with Gasteiger partial charge in [-0.3, -0.25) is 4.79 Å². The van der Waals surface area contributed by atoms with Gasteiger partial charge in [-0.05, 0) is 6.07 Å². The Hall–Kier alpha value is -1.00. The normalized spacial score (nSPS) is 12.4. The number of ether oxygens (including phenoxy) is 1. The van der Waals surface area contributed by atoms with Crippen molar-refractivity contribution in [2.45, 2.75) is 5.38 Å². The Kier molecular flexibility index (Phi) is 4.49. The standard InChI is InChI=1S/C9H12ClNO3/c1-13-6-8(10)4-11-9(12)7-2-3-14-5-7/h2-3,5,8H,4,6H2,1H3,(H,11,12). The molecular weight excluding hydrogens is 206 g/mol. The molecule has 0 bridgehead atoms. The van der Waals surface area contributed by atoms with Crippen LogP contribution in [0.5, 0.6) is 0 Å². The number of hydrogen-bond donors (Lipinski definition) is 1. The molecule has 1 aromatic rings. The summed E-state index contributed by atoms with van der Waals surface area (Å²) in [6.07, 6.45) is 2.83. The van der Waals surface area contributed by atoms with Crippen LogP contribution < -0.4 is 5.32 Å². The fourth-order valence-corrected chi connectivity index (χ4v) is 1.14. The van der Waals surface area contributed by atoms with Crippen molar-refractivity contribution >= 4 is 17.5 Å². The molecule has 0 fully saturated rings. The third-order valence-corrected chi connectivity index (χ3v) is 1.90. The van der Waals surface area contributed by atoms with E-state index in [1.807, 2.05) is 0 Å². The number of hydrogen-bond acceptors (Lipinski definition) is 3. The third-order valence-electron chi connectivity index (χ3n) is 1.61. The highest BCUT2D eigenvalue weighted by Crippen LogP contribution is 2.00. The van der Waals surface area contributed by atoms with Crippen molar-refractivity contribution in [3.8, 4) is 0 Å². The lowest BCUT2D eigenvalue weighted by Crippen LogP contribution is -2.31. The average Bonchev–Trinajstić information content (AvgIpc) is 2.67. The Bertz CT molecular complexity index is 274. The summed E-state index contributed by atoms with van der Waals surface area (Å²) in [5.41, 5.74) is 0.492. The van der Waals surface area contributed by atoms with Crippen LogP contribution in [0.2, 0.25) is 0 Å². The molecule has 0 saturated heterocycles. The Labute approximate surface area is 87.2 Å². The molecule has 1 amide bonds. The molecule has 1 heterocycles. The molecule has 1 unspecified atom stereocenters. The lowest BCUT2D eigenvalue weighted by Gasteiger charge is -2.08. The molecule has 14 heavy (non-hydrogen) atoms. The van der Waals surface area contributed by atoms with Crippen LogP contribution in [0.15, 0.2) is 23.0 Å². The lowest BCUT2D eigenvalue weighted by atomic mass is 10.3. The number of methoxy groups -OCH3 is 1. The highest BCUT2D eigenvalue weighted by atomic mass is 35.5. The monoisotopic (exact) mass is 217 g/mol. The van der Waals surface area contributed by atoms with E-state index < -0.39 is 0 Å². The molecule has 1 rings (SSSR count). The summed E-state index contributed by atoms with van der Waals surface area (Å²) >= 11 is 5.82. The summed E-state index contributed by atoms with van der Waals surface area (Å²) in [7, 11) is 1.56. The Morgan fingerprint density at radius 1 is 1.79 bits per heavy atom. The van der Waals surface area contributed by atoms with Gasteiger partial charge in [-0.1, -0.05) is 0 Å². The fraction of sp³-hybridized carbons (Fsp3) is 0.444. The van der Waals surface area contributed by atoms with Crippen LogP contribution in [-0.4, -0.2) is 31.5 Å². The van der Waals surface area contributed by atoms with Crippen molar-refractivity contribution < 1.29 is 13.9 Å². The predicted molar refractivity (Wildman–Crippen MR) is 52.6 cm³/mol. The highest BCUT2D eigenvalue weighted by molar-refractivity contribution is 6.21. The maximum atomic E-state index is 11.3. The molecule has 1 atom stereocenters. The lowest BCUT2D eigenvalue weighted by molar-refractivity contribution is 0.0948. The van der Waals surface area contributed by atoms with Crippen LogP contribution in [0.25, 0.3) is 0 Å². The van der Waals surface area contributed by atoms with E-state index in [1.165, 1.54) is 12.5 Å². The van der Waals surface area contributed by atoms with E-state index >= 15 is 0 Å². The molecule has 5 heteroatoms. The SMILES string of the molecule is COCC(Cl)CNC(=O)c1ccoc1. The second-order valence-corrected chi connectivity index (χ2v) is 3.39. The Morgan fingerprint density at radius 3 is 3.14 bits per heavy atom. The molecule has 4 nitrogen and oxygen atoms in total. The fourth-order valence-electron chi connectivity index (χ4n) is 0.939. The number of alkyl halides is 1. The van der Waals surface area contributed by atoms with E-state index in [0.717, 1.165) is 0 Å². The number of furan rings is 1. The van der Waals surface area contributed by atoms with Gasteiger partial charge in [0.2, 0.25) is 0 Å². The van der Waals surface area contributed by atoms with Gasteiger partial charge in [-0.25, -0.2) is 0 Å². The number of amides is 1. The number of nitrogens with one attached hydrogen (secondary N) is 1. The summed E-state index contributed by atoms with van der Waals surface area (Å²) in [4.78, 5) is 11.3. The predicted octanol–water partition coefficient (Wildman–Crippen LogP) is 1.26. The van der Waals surface area contributed by atoms with Crippen molar-refractivity contribution in [2.75, 3.05) is 20.3 Å². The molecule has 0 aliphatic rings. The van der Waals surface area contributed by atoms with Crippen LogP contribution in [0.3, 0.4) is 0 Å². The van der Waals surface area contributed by atoms with Gasteiger partial charge in [0.25, 0.3) is 5.91 Å². The number of rotatable bonds is 5. The summed E-state index contributed by atoms with van der Waals surface area (Å²) in [5, 5.41) is 2.45. The first-order valence-electron chi connectivity index (χ1n) is 4.17. The van der Waals surface area contributed by atoms with Gasteiger partial charge in [-0.15, -0.1) is 11.6 Å². The van der Waals surface area contributed by atoms with Gasteiger partial charge < -0.3 is 14.5 Å². The van der Waals surface area contributed by atoms with Crippen LogP contribution >= 0.6 is 11.6 Å². The smallest absolute Gasteiger partial charge is 0.254 e. The molecule has 1 aromatic heterocycles. The Balaban J connectivity index is 2.28. The highest BCUT2D eigenvalue weighted by Gasteiger charge is 2.09. The molecule has 0 spiro atoms. The molecule has 78 valence electrons. The zero-order valence-corrected chi connectivity index (χ0v) is 8.58. The van der Waals surface area contributed by atoms with E-state index in [4.69, 9.17) is 20.8 Å². The summed E-state index contributed by atoms with van der Waals surface area (Å²) in [5.74, 6) is -0.194. The molecule has 0 saturated carbocycles. The molecule has 0 aliphatic carbocycles. The summed E-state index contributed by atoms with van der Waals surface area (Å²) in [6, 6.07) is 1.59. The maximum absolute atomic E-state index is 11.3. The Morgan fingerprint density at radius 2 is 2.57 bits per heavy atom. The topological polar surface area (TPSA) is 51.5 Å². The van der Waals surface area contributed by atoms with Gasteiger partial charge >= 0.3 is 0 Å². The number of halogens is 1. The van der Waals surface area contributed by atoms with Crippen LogP contribution in [0.1, 0.15) is 10.4 Å². The van der Waals surface area contributed by atoms with Crippen molar-refractivity contribution in [2.24, 2.45) is 0 Å². The first-order valence-corrected chi connectivity index (χ1v) is 4.61. The molecular formula is C9H12ClNO3. The van der Waals surface area contributed by atoms with Gasteiger partial charge in [0, 0.05) is 13.7 Å². The zero-order valence-electron chi connectivity index (χ0n) is 7.83. The van der Waals surface area contributed by atoms with Crippen molar-refractivity contribution in [3.63, 3.8) is 0 Å². The van der Waals surface area contributed by atoms with E-state index in [2.05, 4.69) is 5.32 Å². The average molecular weight is 218 g/mol. The van der Waals surface area contributed by atoms with Crippen molar-refractivity contribution in [1.82, 2.24) is 5.32 Å². The largest absolute Gasteiger partial charge is 0.472 e. The minimum Gasteiger partial charge on any atom is -0.472 e. The number of carbonyl (C=O) groups excluding carboxylic acids is 1. The second kappa shape index (κ2) is 5.67. The van der Waals surface area contributed by atoms with E-state index in [9.17, 15) is 4.79 Å². The molecule has 0 aliphatic heterocycles. The summed E-state index contributed by atoms with van der Waals surface area (Å²) in [6.45, 7) is 0.784. The number of carbonyl (C=O) groups is 1. The maximum Gasteiger partial charge on any atom is 0.254 e. The zero-order chi connectivity index (χ0) is 10.4. The minimum absolute atomic E-state index is 0.194. The first kappa shape index (κ1) is 11.1. The van der Waals surface area contributed by atoms with Crippen LogP contribution in [-0.2, 0) is 4.74 Å². The van der Waals surface area contributed by atoms with E-state index in [-0.39, 0.29) is 11.3 Å². The van der Waals surface area contributed by atoms with Gasteiger partial charge in [0.1, 0.15) is 6.26 Å². The molecule has 1 N–H and O–H groups in total. The summed E-state index contributed by atoms with van der Waals surface area (Å²) < 4.78 is 9.60. The minimum atomic E-state index is -0.212. The third kappa shape index (κ3) is 3.40. The van der Waals surface area contributed by atoms with Gasteiger partial charge in [0.05, 0.1) is 23.8 Å². The molecule has 0 aromatic carbocycles. The van der Waals surface area contributed by atoms with Gasteiger partial charge in [0.15, 0.2) is 0 Å². The van der Waals surface area contributed by atoms with E-state index in [0.29, 0.717) is 18.7 Å². The second-order valence-electron chi connectivity index (χ2n) is 2.77. The van der Waals surface area contributed by atoms with Crippen LogP contribution in [0.4, 0.5) is 0 Å². The quantitative estimate of drug-likeness (QED) is 0.756. The van der Waals surface area contributed by atoms with Crippen LogP contribution in [0, 0.1) is 0 Å². The van der Waals surface area contributed by atoms with Gasteiger partial charge in [-0.2, -0.15) is 0 Å². The van der Waals surface area contributed by atoms with Crippen molar-refractivity contribution in [3.05, 3.63) is 24.2 Å². The molecule has 0 radical (unpaired) electrons. The van der Waals surface area contributed by atoms with E-state index in [1.54, 1.807) is 13.2 Å². The van der Waals surface area contributed by atoms with Crippen molar-refractivity contribution in [1.29, 1.82) is 0 Å².